The molecule has 0 atom stereocenters. The molecule has 2 heteroatoms. The Morgan fingerprint density at radius 1 is 0.900 bits per heavy atom. The molecule has 0 heterocycles. The first kappa shape index (κ1) is 9.03. The third-order valence-corrected chi connectivity index (χ3v) is 3.32. The predicted octanol–water partition coefficient (Wildman–Crippen LogP) is 4.20. The lowest BCUT2D eigenvalue weighted by Crippen LogP contribution is -1.96. The SMILES string of the molecule is IC=C1CCCCC1=CI. The van der Waals surface area contributed by atoms with Crippen LogP contribution in [0.2, 0.25) is 0 Å². The van der Waals surface area contributed by atoms with Crippen LogP contribution in [0.4, 0.5) is 0 Å². The first-order valence-corrected chi connectivity index (χ1v) is 5.96. The number of hydrogen-bond acceptors (Lipinski definition) is 0. The van der Waals surface area contributed by atoms with Crippen LogP contribution in [0.3, 0.4) is 0 Å². The van der Waals surface area contributed by atoms with E-state index in [9.17, 15) is 0 Å². The minimum Gasteiger partial charge on any atom is -0.0527 e. The van der Waals surface area contributed by atoms with Gasteiger partial charge in [0.15, 0.2) is 0 Å². The maximum atomic E-state index is 2.34. The van der Waals surface area contributed by atoms with Crippen LogP contribution in [0, 0.1) is 0 Å². The van der Waals surface area contributed by atoms with Crippen LogP contribution in [-0.2, 0) is 0 Å². The highest BCUT2D eigenvalue weighted by Crippen LogP contribution is 2.30. The molecule has 1 aliphatic carbocycles. The Kier molecular flexibility index (Phi) is 4.28. The molecule has 1 saturated carbocycles. The van der Waals surface area contributed by atoms with E-state index in [2.05, 4.69) is 53.3 Å². The summed E-state index contributed by atoms with van der Waals surface area (Å²) < 4.78 is 4.45. The lowest BCUT2D eigenvalue weighted by Gasteiger charge is -2.15. The van der Waals surface area contributed by atoms with E-state index in [1.807, 2.05) is 0 Å². The molecule has 0 amide bonds. The smallest absolute Gasteiger partial charge is 0.0199 e. The molecular formula is C8H10I2. The summed E-state index contributed by atoms with van der Waals surface area (Å²) in [5, 5.41) is 0. The van der Waals surface area contributed by atoms with E-state index in [0.717, 1.165) is 0 Å². The minimum absolute atomic E-state index is 1.29. The van der Waals surface area contributed by atoms with Gasteiger partial charge < -0.3 is 0 Å². The molecule has 0 spiro atoms. The summed E-state index contributed by atoms with van der Waals surface area (Å²) in [5.74, 6) is 0. The number of halogens is 2. The largest absolute Gasteiger partial charge is 0.0527 e. The average molecular weight is 360 g/mol. The van der Waals surface area contributed by atoms with Gasteiger partial charge in [-0.15, -0.1) is 0 Å². The van der Waals surface area contributed by atoms with Crippen LogP contribution >= 0.6 is 45.2 Å². The van der Waals surface area contributed by atoms with E-state index >= 15 is 0 Å². The van der Waals surface area contributed by atoms with Gasteiger partial charge >= 0.3 is 0 Å². The van der Waals surface area contributed by atoms with Crippen LogP contribution in [0.5, 0.6) is 0 Å². The Bertz CT molecular complexity index is 148. The van der Waals surface area contributed by atoms with Gasteiger partial charge in [0.1, 0.15) is 0 Å². The van der Waals surface area contributed by atoms with Gasteiger partial charge in [-0.05, 0) is 45.0 Å². The zero-order valence-corrected chi connectivity index (χ0v) is 10.1. The van der Waals surface area contributed by atoms with Crippen LogP contribution in [0.1, 0.15) is 25.7 Å². The van der Waals surface area contributed by atoms with Crippen molar-refractivity contribution in [1.82, 2.24) is 0 Å². The van der Waals surface area contributed by atoms with E-state index < -0.39 is 0 Å². The Balaban J connectivity index is 2.69. The van der Waals surface area contributed by atoms with Crippen molar-refractivity contribution in [2.24, 2.45) is 0 Å². The summed E-state index contributed by atoms with van der Waals surface area (Å²) >= 11 is 4.68. The molecule has 0 unspecified atom stereocenters. The van der Waals surface area contributed by atoms with Gasteiger partial charge in [0.2, 0.25) is 0 Å². The number of allylic oxidation sites excluding steroid dienone is 2. The molecular weight excluding hydrogens is 350 g/mol. The van der Waals surface area contributed by atoms with Crippen molar-refractivity contribution in [1.29, 1.82) is 0 Å². The van der Waals surface area contributed by atoms with Crippen molar-refractivity contribution in [3.8, 4) is 0 Å². The molecule has 0 nitrogen and oxygen atoms in total. The topological polar surface area (TPSA) is 0 Å². The first-order valence-electron chi connectivity index (χ1n) is 3.47. The molecule has 56 valence electrons. The van der Waals surface area contributed by atoms with Gasteiger partial charge in [0.05, 0.1) is 0 Å². The van der Waals surface area contributed by atoms with Crippen LogP contribution < -0.4 is 0 Å². The summed E-state index contributed by atoms with van der Waals surface area (Å²) in [6, 6.07) is 0. The lowest BCUT2D eigenvalue weighted by molar-refractivity contribution is 0.682. The molecule has 1 fully saturated rings. The fraction of sp³-hybridized carbons (Fsp3) is 0.500. The third-order valence-electron chi connectivity index (χ3n) is 1.82. The number of hydrogen-bond donors (Lipinski definition) is 0. The van der Waals surface area contributed by atoms with Gasteiger partial charge in [-0.2, -0.15) is 0 Å². The highest BCUT2D eigenvalue weighted by Gasteiger charge is 2.09. The van der Waals surface area contributed by atoms with E-state index in [1.54, 1.807) is 11.1 Å². The predicted molar refractivity (Wildman–Crippen MR) is 62.7 cm³/mol. The standard InChI is InChI=1S/C8H10I2/c9-5-7-3-1-2-4-8(7)6-10/h5-6H,1-4H2. The Morgan fingerprint density at radius 2 is 1.30 bits per heavy atom. The van der Waals surface area contributed by atoms with Crippen molar-refractivity contribution < 1.29 is 0 Å². The Hall–Kier alpha value is 0.940. The van der Waals surface area contributed by atoms with Gasteiger partial charge in [-0.1, -0.05) is 45.2 Å². The monoisotopic (exact) mass is 360 g/mol. The fourth-order valence-corrected chi connectivity index (χ4v) is 2.62. The molecule has 0 aromatic carbocycles. The van der Waals surface area contributed by atoms with Crippen molar-refractivity contribution in [3.05, 3.63) is 19.3 Å². The average Bonchev–Trinajstić information content (AvgIpc) is 2.04. The highest BCUT2D eigenvalue weighted by molar-refractivity contribution is 14.1. The Morgan fingerprint density at radius 3 is 1.60 bits per heavy atom. The molecule has 10 heavy (non-hydrogen) atoms. The van der Waals surface area contributed by atoms with Gasteiger partial charge in [-0.3, -0.25) is 0 Å². The second-order valence-corrected chi connectivity index (χ2v) is 3.72. The summed E-state index contributed by atoms with van der Waals surface area (Å²) in [5.41, 5.74) is 3.11. The molecule has 1 aliphatic rings. The van der Waals surface area contributed by atoms with Crippen LogP contribution in [-0.4, -0.2) is 0 Å². The van der Waals surface area contributed by atoms with Gasteiger partial charge in [-0.25, -0.2) is 0 Å². The maximum absolute atomic E-state index is 2.34. The summed E-state index contributed by atoms with van der Waals surface area (Å²) in [6.45, 7) is 0. The molecule has 0 aromatic heterocycles. The fourth-order valence-electron chi connectivity index (χ4n) is 1.20. The summed E-state index contributed by atoms with van der Waals surface area (Å²) in [6.07, 6.45) is 5.33. The summed E-state index contributed by atoms with van der Waals surface area (Å²) in [7, 11) is 0. The lowest BCUT2D eigenvalue weighted by atomic mass is 9.92. The van der Waals surface area contributed by atoms with Gasteiger partial charge in [0.25, 0.3) is 0 Å². The molecule has 0 N–H and O–H groups in total. The Labute approximate surface area is 89.4 Å². The molecule has 0 saturated heterocycles. The van der Waals surface area contributed by atoms with Crippen molar-refractivity contribution >= 4 is 45.2 Å². The van der Waals surface area contributed by atoms with Crippen LogP contribution in [0.15, 0.2) is 19.3 Å². The van der Waals surface area contributed by atoms with E-state index in [-0.39, 0.29) is 0 Å². The van der Waals surface area contributed by atoms with E-state index in [1.165, 1.54) is 25.7 Å². The zero-order chi connectivity index (χ0) is 7.40. The van der Waals surface area contributed by atoms with E-state index in [0.29, 0.717) is 0 Å². The first-order chi connectivity index (χ1) is 4.88. The van der Waals surface area contributed by atoms with Crippen LogP contribution in [0.25, 0.3) is 0 Å². The maximum Gasteiger partial charge on any atom is -0.0199 e. The normalized spacial score (nSPS) is 27.8. The zero-order valence-electron chi connectivity index (χ0n) is 5.74. The molecule has 0 bridgehead atoms. The minimum atomic E-state index is 1.29. The van der Waals surface area contributed by atoms with Crippen molar-refractivity contribution in [3.63, 3.8) is 0 Å². The van der Waals surface area contributed by atoms with Crippen molar-refractivity contribution in [2.45, 2.75) is 25.7 Å². The molecule has 0 aliphatic heterocycles. The molecule has 1 rings (SSSR count). The van der Waals surface area contributed by atoms with E-state index in [4.69, 9.17) is 0 Å². The molecule has 0 aromatic rings. The third kappa shape index (κ3) is 2.22. The highest BCUT2D eigenvalue weighted by atomic mass is 127. The quantitative estimate of drug-likeness (QED) is 0.569. The second kappa shape index (κ2) is 4.74. The molecule has 0 radical (unpaired) electrons. The summed E-state index contributed by atoms with van der Waals surface area (Å²) in [4.78, 5) is 0. The van der Waals surface area contributed by atoms with Gasteiger partial charge in [0, 0.05) is 0 Å². The van der Waals surface area contributed by atoms with Crippen molar-refractivity contribution in [2.75, 3.05) is 0 Å². The number of rotatable bonds is 0. The second-order valence-electron chi connectivity index (χ2n) is 2.48.